The van der Waals surface area contributed by atoms with Crippen LogP contribution < -0.4 is 10.1 Å². The van der Waals surface area contributed by atoms with E-state index >= 15 is 0 Å². The van der Waals surface area contributed by atoms with Gasteiger partial charge in [0, 0.05) is 19.1 Å². The summed E-state index contributed by atoms with van der Waals surface area (Å²) in [6.07, 6.45) is 0.954. The maximum absolute atomic E-state index is 14.2. The lowest BCUT2D eigenvalue weighted by Gasteiger charge is -2.64. The van der Waals surface area contributed by atoms with Crippen LogP contribution in [-0.4, -0.2) is 102 Å². The topological polar surface area (TPSA) is 153 Å². The number of para-hydroxylation sites is 1. The van der Waals surface area contributed by atoms with Gasteiger partial charge in [-0.15, -0.1) is 0 Å². The SMILES string of the molecule is COc1c(CC(NC(=O)CN(C(=O)OCc2ccccc2)C2CCN(C(=O)O)CC2)B2OC3CC4CC(C4(C)C)C3(C)O2)cccc1C(=O)OC(C)(C)C. The van der Waals surface area contributed by atoms with Crippen molar-refractivity contribution in [1.82, 2.24) is 15.1 Å². The first-order valence-corrected chi connectivity index (χ1v) is 19.0. The Morgan fingerprint density at radius 2 is 1.74 bits per heavy atom. The lowest BCUT2D eigenvalue weighted by atomic mass is 9.43. The number of benzene rings is 2. The van der Waals surface area contributed by atoms with Crippen molar-refractivity contribution in [3.05, 3.63) is 65.2 Å². The highest BCUT2D eigenvalue weighted by molar-refractivity contribution is 6.48. The largest absolute Gasteiger partial charge is 0.496 e. The number of esters is 1. The molecule has 3 aliphatic carbocycles. The number of ether oxygens (including phenoxy) is 3. The van der Waals surface area contributed by atoms with E-state index in [4.69, 9.17) is 23.5 Å². The summed E-state index contributed by atoms with van der Waals surface area (Å²) in [5.41, 5.74) is 0.516. The summed E-state index contributed by atoms with van der Waals surface area (Å²) in [5.74, 6) is -0.603. The van der Waals surface area contributed by atoms with Gasteiger partial charge in [0.2, 0.25) is 5.91 Å². The van der Waals surface area contributed by atoms with Crippen LogP contribution in [0.25, 0.3) is 0 Å². The first-order chi connectivity index (χ1) is 25.5. The molecule has 2 bridgehead atoms. The minimum atomic E-state index is -1.02. The van der Waals surface area contributed by atoms with E-state index in [1.54, 1.807) is 32.9 Å². The average molecular weight is 748 g/mol. The van der Waals surface area contributed by atoms with E-state index in [-0.39, 0.29) is 55.7 Å². The monoisotopic (exact) mass is 747 g/mol. The Balaban J connectivity index is 1.26. The Hall–Kier alpha value is -4.30. The zero-order valence-corrected chi connectivity index (χ0v) is 32.5. The highest BCUT2D eigenvalue weighted by atomic mass is 16.7. The van der Waals surface area contributed by atoms with Crippen molar-refractivity contribution in [3.63, 3.8) is 0 Å². The summed E-state index contributed by atoms with van der Waals surface area (Å²) in [6, 6.07) is 14.1. The standard InChI is InChI=1S/C40H54BN3O10/c1-38(2,3)52-35(46)29-15-11-14-26(34(29)50-7)20-32(41-53-31-22-27-21-30(39(27,4)5)40(31,6)54-41)42-33(45)23-44(28-16-18-43(19-17-28)36(47)48)37(49)51-24-25-12-9-8-10-13-25/h8-15,27-28,30-32H,16-24H2,1-7H3,(H,42,45)(H,47,48). The van der Waals surface area contributed by atoms with E-state index < -0.39 is 54.4 Å². The predicted molar refractivity (Wildman–Crippen MR) is 200 cm³/mol. The van der Waals surface area contributed by atoms with E-state index in [0.717, 1.165) is 18.4 Å². The van der Waals surface area contributed by atoms with Crippen molar-refractivity contribution in [2.75, 3.05) is 26.7 Å². The van der Waals surface area contributed by atoms with Gasteiger partial charge >= 0.3 is 25.3 Å². The molecule has 14 heteroatoms. The molecule has 3 amide bonds. The lowest BCUT2D eigenvalue weighted by molar-refractivity contribution is -0.199. The Labute approximate surface area is 318 Å². The number of nitrogens with one attached hydrogen (secondary N) is 1. The fourth-order valence-electron chi connectivity index (χ4n) is 8.92. The third-order valence-electron chi connectivity index (χ3n) is 11.9. The molecule has 5 fully saturated rings. The van der Waals surface area contributed by atoms with Gasteiger partial charge in [-0.3, -0.25) is 9.69 Å². The van der Waals surface area contributed by atoms with Crippen LogP contribution in [0.5, 0.6) is 5.75 Å². The zero-order valence-electron chi connectivity index (χ0n) is 32.5. The van der Waals surface area contributed by atoms with Gasteiger partial charge in [0.1, 0.15) is 30.1 Å². The van der Waals surface area contributed by atoms with Crippen LogP contribution in [0, 0.1) is 17.3 Å². The fraction of sp³-hybridized carbons (Fsp3) is 0.600. The van der Waals surface area contributed by atoms with Crippen molar-refractivity contribution < 1.29 is 47.8 Å². The van der Waals surface area contributed by atoms with Gasteiger partial charge in [0.05, 0.1) is 24.8 Å². The van der Waals surface area contributed by atoms with Crippen LogP contribution in [0.3, 0.4) is 0 Å². The maximum atomic E-state index is 14.2. The van der Waals surface area contributed by atoms with Crippen LogP contribution in [0.1, 0.15) is 88.7 Å². The Morgan fingerprint density at radius 1 is 1.04 bits per heavy atom. The third-order valence-corrected chi connectivity index (χ3v) is 11.9. The van der Waals surface area contributed by atoms with Gasteiger partial charge in [-0.25, -0.2) is 14.4 Å². The van der Waals surface area contributed by atoms with Crippen molar-refractivity contribution >= 4 is 31.2 Å². The first kappa shape index (κ1) is 39.4. The summed E-state index contributed by atoms with van der Waals surface area (Å²) in [6.45, 7) is 12.2. The fourth-order valence-corrected chi connectivity index (χ4v) is 8.92. The molecule has 5 atom stereocenters. The molecule has 0 radical (unpaired) electrons. The van der Waals surface area contributed by atoms with Gasteiger partial charge in [-0.1, -0.05) is 56.3 Å². The molecular formula is C40H54BN3O10. The summed E-state index contributed by atoms with van der Waals surface area (Å²) in [7, 11) is 0.661. The average Bonchev–Trinajstić information content (AvgIpc) is 3.49. The van der Waals surface area contributed by atoms with Gasteiger partial charge in [-0.2, -0.15) is 0 Å². The van der Waals surface area contributed by atoms with Crippen LogP contribution in [0.4, 0.5) is 9.59 Å². The van der Waals surface area contributed by atoms with E-state index in [9.17, 15) is 24.3 Å². The minimum absolute atomic E-state index is 0.0183. The normalized spacial score (nSPS) is 25.1. The van der Waals surface area contributed by atoms with Gasteiger partial charge in [0.25, 0.3) is 0 Å². The molecule has 13 nitrogen and oxygen atoms in total. The van der Waals surface area contributed by atoms with Gasteiger partial charge < -0.3 is 38.8 Å². The highest BCUT2D eigenvalue weighted by Crippen LogP contribution is 2.65. The number of carboxylic acid groups (broad SMARTS) is 1. The Kier molecular flexibility index (Phi) is 11.3. The number of nitrogens with zero attached hydrogens (tertiary/aromatic N) is 2. The molecule has 0 spiro atoms. The molecule has 2 aromatic rings. The molecule has 7 rings (SSSR count). The molecule has 3 saturated carbocycles. The molecule has 2 saturated heterocycles. The zero-order chi connectivity index (χ0) is 39.0. The predicted octanol–water partition coefficient (Wildman–Crippen LogP) is 5.73. The summed E-state index contributed by atoms with van der Waals surface area (Å²) in [5, 5.41) is 12.7. The van der Waals surface area contributed by atoms with Crippen molar-refractivity contribution in [2.45, 2.75) is 110 Å². The number of carbonyl (C=O) groups is 4. The first-order valence-electron chi connectivity index (χ1n) is 19.0. The molecular weight excluding hydrogens is 693 g/mol. The van der Waals surface area contributed by atoms with Crippen molar-refractivity contribution in [1.29, 1.82) is 0 Å². The summed E-state index contributed by atoms with van der Waals surface area (Å²) in [4.78, 5) is 55.5. The molecule has 54 heavy (non-hydrogen) atoms. The molecule has 2 heterocycles. The molecule has 292 valence electrons. The number of hydrogen-bond donors (Lipinski definition) is 2. The molecule has 2 N–H and O–H groups in total. The van der Waals surface area contributed by atoms with Crippen LogP contribution in [-0.2, 0) is 36.6 Å². The van der Waals surface area contributed by atoms with E-state index in [1.807, 2.05) is 36.4 Å². The number of carbonyl (C=O) groups excluding carboxylic acids is 3. The number of likely N-dealkylation sites (tertiary alicyclic amines) is 1. The maximum Gasteiger partial charge on any atom is 0.482 e. The molecule has 0 aromatic heterocycles. The van der Waals surface area contributed by atoms with Crippen LogP contribution >= 0.6 is 0 Å². The van der Waals surface area contributed by atoms with Gasteiger partial charge in [0.15, 0.2) is 0 Å². The second-order valence-electron chi connectivity index (χ2n) is 16.9. The number of rotatable bonds is 11. The van der Waals surface area contributed by atoms with Crippen molar-refractivity contribution in [2.24, 2.45) is 17.3 Å². The van der Waals surface area contributed by atoms with E-state index in [2.05, 4.69) is 26.1 Å². The number of piperidine rings is 1. The number of hydrogen-bond acceptors (Lipinski definition) is 9. The number of methoxy groups -OCH3 is 1. The van der Waals surface area contributed by atoms with E-state index in [1.165, 1.54) is 16.9 Å². The molecule has 2 aliphatic heterocycles. The number of amides is 3. The molecule has 5 unspecified atom stereocenters. The van der Waals surface area contributed by atoms with Crippen molar-refractivity contribution in [3.8, 4) is 5.75 Å². The second kappa shape index (κ2) is 15.4. The Bertz CT molecular complexity index is 1710. The van der Waals surface area contributed by atoms with Gasteiger partial charge in [-0.05, 0) is 94.2 Å². The molecule has 2 aromatic carbocycles. The molecule has 5 aliphatic rings. The van der Waals surface area contributed by atoms with E-state index in [0.29, 0.717) is 30.1 Å². The van der Waals surface area contributed by atoms with Crippen LogP contribution in [0.2, 0.25) is 0 Å². The lowest BCUT2D eigenvalue weighted by Crippen LogP contribution is -2.65. The summed E-state index contributed by atoms with van der Waals surface area (Å²) < 4.78 is 30.7. The summed E-state index contributed by atoms with van der Waals surface area (Å²) >= 11 is 0. The second-order valence-corrected chi connectivity index (χ2v) is 16.9. The highest BCUT2D eigenvalue weighted by Gasteiger charge is 2.68. The smallest absolute Gasteiger partial charge is 0.482 e. The van der Waals surface area contributed by atoms with Crippen LogP contribution in [0.15, 0.2) is 48.5 Å². The quantitative estimate of drug-likeness (QED) is 0.216. The minimum Gasteiger partial charge on any atom is -0.496 e. The third kappa shape index (κ3) is 8.19. The Morgan fingerprint density at radius 3 is 2.37 bits per heavy atom.